The molecule has 0 fully saturated rings. The third kappa shape index (κ3) is 4.98. The van der Waals surface area contributed by atoms with E-state index in [0.717, 1.165) is 11.1 Å². The summed E-state index contributed by atoms with van der Waals surface area (Å²) in [4.78, 5) is 12.1. The predicted molar refractivity (Wildman–Crippen MR) is 94.3 cm³/mol. The van der Waals surface area contributed by atoms with Gasteiger partial charge in [-0.2, -0.15) is 0 Å². The summed E-state index contributed by atoms with van der Waals surface area (Å²) >= 11 is 6.06. The van der Waals surface area contributed by atoms with E-state index in [9.17, 15) is 4.79 Å². The summed E-state index contributed by atoms with van der Waals surface area (Å²) in [6, 6.07) is 11.7. The van der Waals surface area contributed by atoms with E-state index in [1.165, 1.54) is 5.56 Å². The minimum Gasteiger partial charge on any atom is -0.495 e. The number of carbonyl (C=O) groups excluding carboxylic acids is 1. The maximum Gasteiger partial charge on any atom is 0.238 e. The smallest absolute Gasteiger partial charge is 0.238 e. The Balaban J connectivity index is 1.91. The average molecular weight is 333 g/mol. The maximum absolute atomic E-state index is 12.1. The van der Waals surface area contributed by atoms with Crippen LogP contribution in [-0.4, -0.2) is 19.6 Å². The highest BCUT2D eigenvalue weighted by molar-refractivity contribution is 6.31. The van der Waals surface area contributed by atoms with E-state index in [-0.39, 0.29) is 12.5 Å². The lowest BCUT2D eigenvalue weighted by Crippen LogP contribution is -2.27. The van der Waals surface area contributed by atoms with Crippen molar-refractivity contribution < 1.29 is 9.53 Å². The second-order valence-corrected chi connectivity index (χ2v) is 5.85. The minimum atomic E-state index is -0.127. The number of hydrogen-bond donors (Lipinski definition) is 2. The summed E-state index contributed by atoms with van der Waals surface area (Å²) < 4.78 is 5.25. The second-order valence-electron chi connectivity index (χ2n) is 5.44. The van der Waals surface area contributed by atoms with Crippen LogP contribution in [-0.2, 0) is 11.3 Å². The van der Waals surface area contributed by atoms with Crippen LogP contribution in [0.3, 0.4) is 0 Å². The molecule has 2 N–H and O–H groups in total. The molecule has 0 aliphatic rings. The number of carbonyl (C=O) groups is 1. The molecule has 4 nitrogen and oxygen atoms in total. The summed E-state index contributed by atoms with van der Waals surface area (Å²) in [5.74, 6) is 0.422. The molecule has 1 amide bonds. The Hall–Kier alpha value is -2.04. The standard InChI is InChI=1S/C18H21ClN2O2/c1-12-5-4-6-14(7-12)10-20-11-18(22)21-16-8-13(2)15(19)9-17(16)23-3/h4-9,20H,10-11H2,1-3H3,(H,21,22). The number of methoxy groups -OCH3 is 1. The quantitative estimate of drug-likeness (QED) is 0.848. The van der Waals surface area contributed by atoms with Crippen molar-refractivity contribution in [3.8, 4) is 5.75 Å². The Bertz CT molecular complexity index is 701. The predicted octanol–water partition coefficient (Wildman–Crippen LogP) is 3.69. The zero-order valence-electron chi connectivity index (χ0n) is 13.6. The van der Waals surface area contributed by atoms with Crippen LogP contribution < -0.4 is 15.4 Å². The maximum atomic E-state index is 12.1. The van der Waals surface area contributed by atoms with Gasteiger partial charge in [-0.15, -0.1) is 0 Å². The average Bonchev–Trinajstić information content (AvgIpc) is 2.50. The molecule has 0 atom stereocenters. The van der Waals surface area contributed by atoms with Gasteiger partial charge in [0.05, 0.1) is 19.3 Å². The molecule has 23 heavy (non-hydrogen) atoms. The first-order valence-electron chi connectivity index (χ1n) is 7.40. The largest absolute Gasteiger partial charge is 0.495 e. The lowest BCUT2D eigenvalue weighted by molar-refractivity contribution is -0.115. The van der Waals surface area contributed by atoms with E-state index in [4.69, 9.17) is 16.3 Å². The number of benzene rings is 2. The number of halogens is 1. The van der Waals surface area contributed by atoms with E-state index in [1.807, 2.05) is 32.0 Å². The van der Waals surface area contributed by atoms with Crippen molar-refractivity contribution in [1.82, 2.24) is 5.32 Å². The van der Waals surface area contributed by atoms with Gasteiger partial charge >= 0.3 is 0 Å². The first-order valence-corrected chi connectivity index (χ1v) is 7.77. The molecule has 5 heteroatoms. The number of nitrogens with one attached hydrogen (secondary N) is 2. The van der Waals surface area contributed by atoms with E-state index >= 15 is 0 Å². The van der Waals surface area contributed by atoms with Gasteiger partial charge in [-0.05, 0) is 31.0 Å². The number of aryl methyl sites for hydroxylation is 2. The Morgan fingerprint density at radius 2 is 2.00 bits per heavy atom. The van der Waals surface area contributed by atoms with Crippen molar-refractivity contribution in [2.45, 2.75) is 20.4 Å². The van der Waals surface area contributed by atoms with Gasteiger partial charge in [-0.25, -0.2) is 0 Å². The van der Waals surface area contributed by atoms with E-state index in [1.54, 1.807) is 19.2 Å². The Morgan fingerprint density at radius 3 is 2.70 bits per heavy atom. The van der Waals surface area contributed by atoms with Crippen LogP contribution in [0.4, 0.5) is 5.69 Å². The van der Waals surface area contributed by atoms with Crippen LogP contribution in [0.1, 0.15) is 16.7 Å². The second kappa shape index (κ2) is 7.99. The third-order valence-corrected chi connectivity index (χ3v) is 3.86. The van der Waals surface area contributed by atoms with Gasteiger partial charge in [0.15, 0.2) is 0 Å². The molecule has 0 radical (unpaired) electrons. The summed E-state index contributed by atoms with van der Waals surface area (Å²) in [5, 5.41) is 6.58. The van der Waals surface area contributed by atoms with E-state index in [0.29, 0.717) is 23.0 Å². The molecule has 0 unspecified atom stereocenters. The number of amides is 1. The monoisotopic (exact) mass is 332 g/mol. The van der Waals surface area contributed by atoms with Crippen LogP contribution in [0, 0.1) is 13.8 Å². The Morgan fingerprint density at radius 1 is 1.22 bits per heavy atom. The SMILES string of the molecule is COc1cc(Cl)c(C)cc1NC(=O)CNCc1cccc(C)c1. The van der Waals surface area contributed by atoms with Crippen molar-refractivity contribution in [3.05, 3.63) is 58.1 Å². The summed E-state index contributed by atoms with van der Waals surface area (Å²) in [7, 11) is 1.55. The molecule has 122 valence electrons. The molecule has 0 spiro atoms. The number of anilines is 1. The van der Waals surface area contributed by atoms with Crippen LogP contribution in [0.15, 0.2) is 36.4 Å². The van der Waals surface area contributed by atoms with Crippen molar-refractivity contribution >= 4 is 23.2 Å². The van der Waals surface area contributed by atoms with Crippen LogP contribution >= 0.6 is 11.6 Å². The van der Waals surface area contributed by atoms with Crippen molar-refractivity contribution in [2.75, 3.05) is 19.0 Å². The first-order chi connectivity index (χ1) is 11.0. The van der Waals surface area contributed by atoms with Crippen LogP contribution in [0.25, 0.3) is 0 Å². The van der Waals surface area contributed by atoms with Gasteiger partial charge in [0.1, 0.15) is 5.75 Å². The first kappa shape index (κ1) is 17.3. The highest BCUT2D eigenvalue weighted by Crippen LogP contribution is 2.30. The lowest BCUT2D eigenvalue weighted by Gasteiger charge is -2.12. The molecular formula is C18H21ClN2O2. The fraction of sp³-hybridized carbons (Fsp3) is 0.278. The normalized spacial score (nSPS) is 10.4. The van der Waals surface area contributed by atoms with Gasteiger partial charge in [-0.3, -0.25) is 4.79 Å². The van der Waals surface area contributed by atoms with Crippen molar-refractivity contribution in [3.63, 3.8) is 0 Å². The molecule has 0 saturated carbocycles. The molecule has 2 aromatic carbocycles. The topological polar surface area (TPSA) is 50.4 Å². The van der Waals surface area contributed by atoms with Gasteiger partial charge in [0.2, 0.25) is 5.91 Å². The van der Waals surface area contributed by atoms with Crippen LogP contribution in [0.2, 0.25) is 5.02 Å². The highest BCUT2D eigenvalue weighted by Gasteiger charge is 2.10. The summed E-state index contributed by atoms with van der Waals surface area (Å²) in [6.07, 6.45) is 0. The van der Waals surface area contributed by atoms with Crippen molar-refractivity contribution in [2.24, 2.45) is 0 Å². The summed E-state index contributed by atoms with van der Waals surface area (Å²) in [6.45, 7) is 4.80. The fourth-order valence-corrected chi connectivity index (χ4v) is 2.42. The minimum absolute atomic E-state index is 0.127. The molecule has 0 saturated heterocycles. The molecular weight excluding hydrogens is 312 g/mol. The highest BCUT2D eigenvalue weighted by atomic mass is 35.5. The van der Waals surface area contributed by atoms with E-state index in [2.05, 4.69) is 16.7 Å². The molecule has 2 aromatic rings. The van der Waals surface area contributed by atoms with Gasteiger partial charge in [0, 0.05) is 17.6 Å². The van der Waals surface area contributed by atoms with Gasteiger partial charge in [-0.1, -0.05) is 41.4 Å². The van der Waals surface area contributed by atoms with Crippen LogP contribution in [0.5, 0.6) is 5.75 Å². The molecule has 0 aromatic heterocycles. The van der Waals surface area contributed by atoms with Gasteiger partial charge < -0.3 is 15.4 Å². The number of rotatable bonds is 6. The lowest BCUT2D eigenvalue weighted by atomic mass is 10.1. The fourth-order valence-electron chi connectivity index (χ4n) is 2.27. The molecule has 0 aliphatic heterocycles. The number of hydrogen-bond acceptors (Lipinski definition) is 3. The van der Waals surface area contributed by atoms with Crippen molar-refractivity contribution in [1.29, 1.82) is 0 Å². The molecule has 0 bridgehead atoms. The Kier molecular flexibility index (Phi) is 6.02. The van der Waals surface area contributed by atoms with E-state index < -0.39 is 0 Å². The third-order valence-electron chi connectivity index (χ3n) is 3.45. The zero-order chi connectivity index (χ0) is 16.8. The summed E-state index contributed by atoms with van der Waals surface area (Å²) in [5.41, 5.74) is 3.86. The Labute approximate surface area is 141 Å². The molecule has 0 heterocycles. The zero-order valence-corrected chi connectivity index (χ0v) is 14.3. The molecule has 0 aliphatic carbocycles. The number of ether oxygens (including phenoxy) is 1. The molecule has 2 rings (SSSR count). The van der Waals surface area contributed by atoms with Gasteiger partial charge in [0.25, 0.3) is 0 Å².